The van der Waals surface area contributed by atoms with E-state index in [-0.39, 0.29) is 23.3 Å². The van der Waals surface area contributed by atoms with Crippen LogP contribution in [0, 0.1) is 0 Å². The molecule has 3 unspecified atom stereocenters. The summed E-state index contributed by atoms with van der Waals surface area (Å²) >= 11 is 0. The van der Waals surface area contributed by atoms with Crippen LogP contribution in [-0.2, 0) is 19.9 Å². The second kappa shape index (κ2) is 11.9. The highest BCUT2D eigenvalue weighted by Gasteiger charge is 2.57. The molecule has 1 aliphatic heterocycles. The van der Waals surface area contributed by atoms with Crippen molar-refractivity contribution in [3.63, 3.8) is 0 Å². The molecule has 0 bridgehead atoms. The molecule has 5 atom stereocenters. The molecule has 40 heavy (non-hydrogen) atoms. The lowest BCUT2D eigenvalue weighted by Gasteiger charge is -2.55. The predicted molar refractivity (Wildman–Crippen MR) is 137 cm³/mol. The van der Waals surface area contributed by atoms with E-state index in [9.17, 15) is 26.3 Å². The number of benzene rings is 3. The van der Waals surface area contributed by atoms with Crippen molar-refractivity contribution in [2.75, 3.05) is 6.61 Å². The molecule has 0 amide bonds. The summed E-state index contributed by atoms with van der Waals surface area (Å²) in [6.45, 7) is 4.50. The van der Waals surface area contributed by atoms with Crippen molar-refractivity contribution < 1.29 is 40.6 Å². The van der Waals surface area contributed by atoms with Crippen molar-refractivity contribution in [3.05, 3.63) is 108 Å². The summed E-state index contributed by atoms with van der Waals surface area (Å²) in [5.74, 6) is 0. The van der Waals surface area contributed by atoms with Crippen molar-refractivity contribution in [3.8, 4) is 0 Å². The van der Waals surface area contributed by atoms with Gasteiger partial charge in [-0.2, -0.15) is 26.3 Å². The van der Waals surface area contributed by atoms with Gasteiger partial charge in [0, 0.05) is 11.6 Å². The zero-order valence-corrected chi connectivity index (χ0v) is 22.2. The van der Waals surface area contributed by atoms with Crippen LogP contribution in [0.25, 0.3) is 0 Å². The van der Waals surface area contributed by atoms with Gasteiger partial charge in [-0.1, -0.05) is 91.0 Å². The molecule has 3 aromatic rings. The number of hydrogen-bond acceptors (Lipinski definition) is 4. The van der Waals surface area contributed by atoms with Crippen molar-refractivity contribution in [1.82, 2.24) is 4.90 Å². The van der Waals surface area contributed by atoms with Gasteiger partial charge in [0.25, 0.3) is 0 Å². The minimum atomic E-state index is -4.84. The highest BCUT2D eigenvalue weighted by atomic mass is 19.4. The van der Waals surface area contributed by atoms with E-state index in [0.29, 0.717) is 0 Å². The van der Waals surface area contributed by atoms with E-state index in [1.165, 1.54) is 60.4 Å². The van der Waals surface area contributed by atoms with Gasteiger partial charge in [-0.25, -0.2) is 4.90 Å². The largest absolute Gasteiger partial charge is 0.418 e. The fourth-order valence-corrected chi connectivity index (χ4v) is 5.07. The Hall–Kier alpha value is -2.92. The molecule has 1 saturated heterocycles. The van der Waals surface area contributed by atoms with Gasteiger partial charge in [-0.15, -0.1) is 0 Å². The minimum Gasteiger partial charge on any atom is -0.370 e. The smallest absolute Gasteiger partial charge is 0.370 e. The van der Waals surface area contributed by atoms with Crippen molar-refractivity contribution in [2.24, 2.45) is 0 Å². The molecule has 0 saturated carbocycles. The van der Waals surface area contributed by atoms with Crippen molar-refractivity contribution in [2.45, 2.75) is 69.4 Å². The van der Waals surface area contributed by atoms with Gasteiger partial charge < -0.3 is 14.2 Å². The fraction of sp³-hybridized carbons (Fsp3) is 0.400. The van der Waals surface area contributed by atoms with E-state index in [2.05, 4.69) is 0 Å². The molecule has 0 aromatic heterocycles. The van der Waals surface area contributed by atoms with E-state index >= 15 is 0 Å². The topological polar surface area (TPSA) is 30.9 Å². The number of halogens is 6. The Morgan fingerprint density at radius 2 is 1.20 bits per heavy atom. The molecule has 1 aliphatic rings. The van der Waals surface area contributed by atoms with E-state index in [0.717, 1.165) is 0 Å². The zero-order valence-electron chi connectivity index (χ0n) is 22.2. The third kappa shape index (κ3) is 6.35. The molecular formula is C30H31F6NO3. The summed E-state index contributed by atoms with van der Waals surface area (Å²) in [5.41, 5.74) is -1.95. The summed E-state index contributed by atoms with van der Waals surface area (Å²) < 4.78 is 105. The molecule has 4 nitrogen and oxygen atoms in total. The summed E-state index contributed by atoms with van der Waals surface area (Å²) in [4.78, 5) is 1.43. The average molecular weight is 568 g/mol. The molecular weight excluding hydrogens is 536 g/mol. The number of ether oxygens (including phenoxy) is 3. The Morgan fingerprint density at radius 3 is 1.65 bits per heavy atom. The highest BCUT2D eigenvalue weighted by molar-refractivity contribution is 5.26. The van der Waals surface area contributed by atoms with Gasteiger partial charge in [-0.3, -0.25) is 0 Å². The standard InChI is InChI=1S/C30H31F6NO3/c1-20(2)37-27(39-25(29(31,32)33)22-13-7-4-8-14-22)21(3)38-19-28(37,24-17-11-6-12-18-24)40-26(30(34,35)36)23-15-9-5-10-16-23/h4-18,20-21,25-27H,19H2,1-3H3/t21-,25?,26?,27?,28-/m1/s1. The Bertz CT molecular complexity index is 1210. The van der Waals surface area contributed by atoms with Crippen LogP contribution in [0.5, 0.6) is 0 Å². The van der Waals surface area contributed by atoms with E-state index in [1.807, 2.05) is 0 Å². The van der Waals surface area contributed by atoms with Crippen molar-refractivity contribution >= 4 is 0 Å². The maximum atomic E-state index is 14.6. The van der Waals surface area contributed by atoms with Gasteiger partial charge in [0.2, 0.25) is 0 Å². The monoisotopic (exact) mass is 567 g/mol. The van der Waals surface area contributed by atoms with Gasteiger partial charge in [0.15, 0.2) is 17.9 Å². The van der Waals surface area contributed by atoms with Crippen LogP contribution in [0.4, 0.5) is 26.3 Å². The molecule has 0 radical (unpaired) electrons. The van der Waals surface area contributed by atoms with E-state index in [1.54, 1.807) is 56.3 Å². The third-order valence-corrected chi connectivity index (χ3v) is 6.80. The predicted octanol–water partition coefficient (Wildman–Crippen LogP) is 7.94. The highest BCUT2D eigenvalue weighted by Crippen LogP contribution is 2.48. The molecule has 0 N–H and O–H groups in total. The second-order valence-corrected chi connectivity index (χ2v) is 9.98. The number of hydrogen-bond donors (Lipinski definition) is 0. The summed E-state index contributed by atoms with van der Waals surface area (Å²) in [6.07, 6.45) is -16.8. The Morgan fingerprint density at radius 1 is 0.750 bits per heavy atom. The van der Waals surface area contributed by atoms with Crippen LogP contribution in [-0.4, -0.2) is 42.2 Å². The Kier molecular flexibility index (Phi) is 8.94. The second-order valence-electron chi connectivity index (χ2n) is 9.98. The molecule has 10 heteroatoms. The fourth-order valence-electron chi connectivity index (χ4n) is 5.07. The summed E-state index contributed by atoms with van der Waals surface area (Å²) in [6, 6.07) is 21.7. The molecule has 216 valence electrons. The quantitative estimate of drug-likeness (QED) is 0.259. The molecule has 3 aromatic carbocycles. The zero-order chi connectivity index (χ0) is 29.1. The first-order valence-electron chi connectivity index (χ1n) is 12.9. The maximum Gasteiger partial charge on any atom is 0.418 e. The Labute approximate surface area is 229 Å². The molecule has 1 fully saturated rings. The molecule has 0 spiro atoms. The van der Waals surface area contributed by atoms with Crippen LogP contribution in [0.3, 0.4) is 0 Å². The number of nitrogens with zero attached hydrogens (tertiary/aromatic N) is 1. The first kappa shape index (κ1) is 30.0. The number of morpholine rings is 1. The van der Waals surface area contributed by atoms with Gasteiger partial charge in [-0.05, 0) is 31.9 Å². The SMILES string of the molecule is CC(C)N1C(OC(c2ccccc2)C(F)(F)F)[C@@H](C)OC[C@@]1(OC(c1ccccc1)C(F)(F)F)c1ccccc1. The lowest BCUT2D eigenvalue weighted by Crippen LogP contribution is -2.67. The third-order valence-electron chi connectivity index (χ3n) is 6.80. The van der Waals surface area contributed by atoms with E-state index in [4.69, 9.17) is 14.2 Å². The van der Waals surface area contributed by atoms with Crippen LogP contribution >= 0.6 is 0 Å². The summed E-state index contributed by atoms with van der Waals surface area (Å²) in [7, 11) is 0. The first-order valence-corrected chi connectivity index (χ1v) is 12.9. The van der Waals surface area contributed by atoms with Crippen LogP contribution in [0.2, 0.25) is 0 Å². The maximum absolute atomic E-state index is 14.6. The minimum absolute atomic E-state index is 0.139. The average Bonchev–Trinajstić information content (AvgIpc) is 2.91. The molecule has 0 aliphatic carbocycles. The molecule has 4 rings (SSSR count). The first-order chi connectivity index (χ1) is 18.8. The van der Waals surface area contributed by atoms with Crippen molar-refractivity contribution in [1.29, 1.82) is 0 Å². The van der Waals surface area contributed by atoms with Crippen LogP contribution in [0.15, 0.2) is 91.0 Å². The number of alkyl halides is 6. The number of rotatable bonds is 8. The summed E-state index contributed by atoms with van der Waals surface area (Å²) in [5, 5.41) is 0. The molecule has 1 heterocycles. The lowest BCUT2D eigenvalue weighted by atomic mass is 9.95. The normalized spacial score (nSPS) is 24.1. The Balaban J connectivity index is 1.86. The van der Waals surface area contributed by atoms with Crippen LogP contribution < -0.4 is 0 Å². The van der Waals surface area contributed by atoms with Gasteiger partial charge in [0.1, 0.15) is 6.23 Å². The van der Waals surface area contributed by atoms with E-state index < -0.39 is 48.7 Å². The lowest BCUT2D eigenvalue weighted by molar-refractivity contribution is -0.377. The van der Waals surface area contributed by atoms with Gasteiger partial charge in [0.05, 0.1) is 12.7 Å². The van der Waals surface area contributed by atoms with Gasteiger partial charge >= 0.3 is 12.4 Å². The van der Waals surface area contributed by atoms with Crippen LogP contribution in [0.1, 0.15) is 49.7 Å².